The molecule has 5 rings (SSSR count). The maximum atomic E-state index is 13.4. The Morgan fingerprint density at radius 3 is 2.81 bits per heavy atom. The van der Waals surface area contributed by atoms with Gasteiger partial charge in [-0.2, -0.15) is 0 Å². The Morgan fingerprint density at radius 2 is 2.03 bits per heavy atom. The van der Waals surface area contributed by atoms with Crippen LogP contribution < -0.4 is 5.56 Å². The van der Waals surface area contributed by atoms with E-state index in [1.807, 2.05) is 10.7 Å². The molecular formula is C24H32N6O2. The first-order valence-corrected chi connectivity index (χ1v) is 11.8. The van der Waals surface area contributed by atoms with Crippen LogP contribution in [0.4, 0.5) is 0 Å². The highest BCUT2D eigenvalue weighted by Gasteiger charge is 2.33. The lowest BCUT2D eigenvalue weighted by Gasteiger charge is -2.36. The number of hydrogen-bond acceptors (Lipinski definition) is 6. The van der Waals surface area contributed by atoms with Crippen molar-refractivity contribution in [2.24, 2.45) is 5.92 Å². The molecule has 2 aliphatic heterocycles. The van der Waals surface area contributed by atoms with Gasteiger partial charge in [-0.1, -0.05) is 6.92 Å². The van der Waals surface area contributed by atoms with E-state index >= 15 is 0 Å². The zero-order chi connectivity index (χ0) is 22.2. The topological polar surface area (TPSA) is 88.9 Å². The Balaban J connectivity index is 1.61. The van der Waals surface area contributed by atoms with Crippen LogP contribution in [-0.4, -0.2) is 55.9 Å². The minimum Gasteiger partial charge on any atom is -0.376 e. The highest BCUT2D eigenvalue weighted by molar-refractivity contribution is 5.81. The van der Waals surface area contributed by atoms with Gasteiger partial charge in [0.2, 0.25) is 0 Å². The van der Waals surface area contributed by atoms with E-state index in [9.17, 15) is 4.79 Å². The third-order valence-electron chi connectivity index (χ3n) is 7.04. The molecule has 3 aromatic rings. The molecule has 0 radical (unpaired) electrons. The number of fused-ring (bicyclic) bond motifs is 1. The van der Waals surface area contributed by atoms with Gasteiger partial charge in [0.1, 0.15) is 6.04 Å². The SMILES string of the molecule is Cc1cc2cc([C@H](c3nnnn3C[C@H]3CCCO3)N3CCC[C@H](C)C3)c(=O)[nH]c2cc1C. The highest BCUT2D eigenvalue weighted by Crippen LogP contribution is 2.31. The van der Waals surface area contributed by atoms with Crippen molar-refractivity contribution in [2.45, 2.75) is 65.1 Å². The van der Waals surface area contributed by atoms with Crippen molar-refractivity contribution < 1.29 is 4.74 Å². The van der Waals surface area contributed by atoms with Gasteiger partial charge >= 0.3 is 0 Å². The number of rotatable bonds is 5. The molecule has 170 valence electrons. The Labute approximate surface area is 188 Å². The normalized spacial score (nSPS) is 23.1. The van der Waals surface area contributed by atoms with E-state index in [4.69, 9.17) is 4.74 Å². The van der Waals surface area contributed by atoms with Crippen LogP contribution >= 0.6 is 0 Å². The van der Waals surface area contributed by atoms with Crippen molar-refractivity contribution in [2.75, 3.05) is 19.7 Å². The second-order valence-electron chi connectivity index (χ2n) is 9.58. The monoisotopic (exact) mass is 436 g/mol. The Bertz CT molecular complexity index is 1160. The summed E-state index contributed by atoms with van der Waals surface area (Å²) in [4.78, 5) is 18.9. The number of nitrogens with one attached hydrogen (secondary N) is 1. The van der Waals surface area contributed by atoms with Crippen LogP contribution in [0.2, 0.25) is 0 Å². The fraction of sp³-hybridized carbons (Fsp3) is 0.583. The minimum absolute atomic E-state index is 0.0735. The van der Waals surface area contributed by atoms with Gasteiger partial charge in [0.15, 0.2) is 5.82 Å². The molecule has 0 unspecified atom stereocenters. The van der Waals surface area contributed by atoms with Crippen molar-refractivity contribution in [3.63, 3.8) is 0 Å². The lowest BCUT2D eigenvalue weighted by Crippen LogP contribution is -2.41. The summed E-state index contributed by atoms with van der Waals surface area (Å²) >= 11 is 0. The van der Waals surface area contributed by atoms with Gasteiger partial charge in [-0.05, 0) is 97.1 Å². The molecule has 0 bridgehead atoms. The maximum absolute atomic E-state index is 13.4. The van der Waals surface area contributed by atoms with Crippen molar-refractivity contribution in [1.29, 1.82) is 0 Å². The molecule has 32 heavy (non-hydrogen) atoms. The Kier molecular flexibility index (Phi) is 5.82. The number of aromatic amines is 1. The van der Waals surface area contributed by atoms with Crippen molar-refractivity contribution in [3.8, 4) is 0 Å². The molecule has 2 fully saturated rings. The van der Waals surface area contributed by atoms with E-state index in [2.05, 4.69) is 58.3 Å². The number of benzene rings is 1. The third-order valence-corrected chi connectivity index (χ3v) is 7.04. The third kappa shape index (κ3) is 4.09. The lowest BCUT2D eigenvalue weighted by molar-refractivity contribution is 0.0889. The summed E-state index contributed by atoms with van der Waals surface area (Å²) in [5.41, 5.74) is 3.88. The zero-order valence-corrected chi connectivity index (χ0v) is 19.2. The second kappa shape index (κ2) is 8.75. The summed E-state index contributed by atoms with van der Waals surface area (Å²) in [6, 6.07) is 5.95. The van der Waals surface area contributed by atoms with Gasteiger partial charge in [-0.15, -0.1) is 5.10 Å². The van der Waals surface area contributed by atoms with Gasteiger partial charge in [0.25, 0.3) is 5.56 Å². The van der Waals surface area contributed by atoms with Crippen LogP contribution in [-0.2, 0) is 11.3 Å². The number of ether oxygens (including phenoxy) is 1. The predicted octanol–water partition coefficient (Wildman–Crippen LogP) is 3.13. The van der Waals surface area contributed by atoms with Crippen molar-refractivity contribution in [3.05, 3.63) is 51.1 Å². The van der Waals surface area contributed by atoms with Gasteiger partial charge in [-0.3, -0.25) is 9.69 Å². The van der Waals surface area contributed by atoms with Crippen molar-refractivity contribution in [1.82, 2.24) is 30.1 Å². The van der Waals surface area contributed by atoms with Crippen LogP contribution in [0.3, 0.4) is 0 Å². The molecule has 2 aliphatic rings. The average Bonchev–Trinajstić information content (AvgIpc) is 3.43. The molecule has 1 aromatic carbocycles. The summed E-state index contributed by atoms with van der Waals surface area (Å²) in [5, 5.41) is 13.8. The molecule has 2 saturated heterocycles. The van der Waals surface area contributed by atoms with Crippen LogP contribution in [0.15, 0.2) is 23.0 Å². The van der Waals surface area contributed by atoms with Gasteiger partial charge in [-0.25, -0.2) is 4.68 Å². The van der Waals surface area contributed by atoms with E-state index in [-0.39, 0.29) is 17.7 Å². The first-order valence-electron chi connectivity index (χ1n) is 11.8. The number of aryl methyl sites for hydroxylation is 2. The van der Waals surface area contributed by atoms with Gasteiger partial charge in [0.05, 0.1) is 12.6 Å². The summed E-state index contributed by atoms with van der Waals surface area (Å²) < 4.78 is 7.69. The van der Waals surface area contributed by atoms with E-state index < -0.39 is 0 Å². The molecule has 0 amide bonds. The quantitative estimate of drug-likeness (QED) is 0.661. The largest absolute Gasteiger partial charge is 0.376 e. The zero-order valence-electron chi connectivity index (χ0n) is 19.2. The average molecular weight is 437 g/mol. The van der Waals surface area contributed by atoms with E-state index in [1.165, 1.54) is 17.5 Å². The first-order chi connectivity index (χ1) is 15.5. The number of hydrogen-bond donors (Lipinski definition) is 1. The van der Waals surface area contributed by atoms with Crippen LogP contribution in [0.25, 0.3) is 10.9 Å². The standard InChI is InChI=1S/C24H32N6O2/c1-15-6-4-8-29(13-15)22(23-26-27-28-30(23)14-19-7-5-9-32-19)20-12-18-10-16(2)17(3)11-21(18)25-24(20)31/h10-12,15,19,22H,4-9,13-14H2,1-3H3,(H,25,31)/t15-,19+,22+/m0/s1. The molecule has 0 saturated carbocycles. The number of aromatic nitrogens is 5. The Hall–Kier alpha value is -2.58. The fourth-order valence-corrected chi connectivity index (χ4v) is 5.17. The minimum atomic E-state index is -0.288. The molecule has 4 heterocycles. The van der Waals surface area contributed by atoms with Crippen LogP contribution in [0.5, 0.6) is 0 Å². The summed E-state index contributed by atoms with van der Waals surface area (Å²) in [6.07, 6.45) is 4.52. The lowest BCUT2D eigenvalue weighted by atomic mass is 9.95. The van der Waals surface area contributed by atoms with E-state index in [0.717, 1.165) is 55.7 Å². The number of tetrazole rings is 1. The number of piperidine rings is 1. The van der Waals surface area contributed by atoms with E-state index in [0.29, 0.717) is 18.0 Å². The molecule has 3 atom stereocenters. The second-order valence-corrected chi connectivity index (χ2v) is 9.58. The maximum Gasteiger partial charge on any atom is 0.253 e. The smallest absolute Gasteiger partial charge is 0.253 e. The van der Waals surface area contributed by atoms with Gasteiger partial charge in [0, 0.05) is 24.2 Å². The summed E-state index contributed by atoms with van der Waals surface area (Å²) in [6.45, 7) is 9.69. The van der Waals surface area contributed by atoms with E-state index in [1.54, 1.807) is 0 Å². The molecule has 2 aromatic heterocycles. The molecule has 8 nitrogen and oxygen atoms in total. The number of nitrogens with zero attached hydrogens (tertiary/aromatic N) is 5. The molecule has 1 N–H and O–H groups in total. The molecule has 8 heteroatoms. The number of pyridine rings is 1. The first kappa shape index (κ1) is 21.3. The molecule has 0 aliphatic carbocycles. The molecule has 0 spiro atoms. The highest BCUT2D eigenvalue weighted by atomic mass is 16.5. The summed E-state index contributed by atoms with van der Waals surface area (Å²) in [7, 11) is 0. The molecular weight excluding hydrogens is 404 g/mol. The van der Waals surface area contributed by atoms with Crippen molar-refractivity contribution >= 4 is 10.9 Å². The van der Waals surface area contributed by atoms with Crippen LogP contribution in [0, 0.1) is 19.8 Å². The summed E-state index contributed by atoms with van der Waals surface area (Å²) in [5.74, 6) is 1.29. The number of H-pyrrole nitrogens is 1. The Morgan fingerprint density at radius 1 is 1.19 bits per heavy atom. The fourth-order valence-electron chi connectivity index (χ4n) is 5.17. The van der Waals surface area contributed by atoms with Crippen LogP contribution in [0.1, 0.15) is 61.2 Å². The van der Waals surface area contributed by atoms with Gasteiger partial charge < -0.3 is 9.72 Å². The number of likely N-dealkylation sites (tertiary alicyclic amines) is 1. The predicted molar refractivity (Wildman–Crippen MR) is 123 cm³/mol.